The number of hydrogen-bond acceptors (Lipinski definition) is 5. The Hall–Kier alpha value is -2.49. The fraction of sp³-hybridized carbons (Fsp3) is 0.231. The molecular weight excluding hydrogens is 331 g/mol. The molecule has 0 aliphatic rings. The smallest absolute Gasteiger partial charge is 0.320 e. The van der Waals surface area contributed by atoms with Crippen LogP contribution in [0.3, 0.4) is 0 Å². The topological polar surface area (TPSA) is 72.2 Å². The lowest BCUT2D eigenvalue weighted by Crippen LogP contribution is -2.15. The van der Waals surface area contributed by atoms with Crippen LogP contribution in [-0.2, 0) is 6.18 Å². The minimum atomic E-state index is -4.69. The summed E-state index contributed by atoms with van der Waals surface area (Å²) in [5.74, 6) is -1.85. The van der Waals surface area contributed by atoms with E-state index in [0.29, 0.717) is 10.2 Å². The van der Waals surface area contributed by atoms with Crippen molar-refractivity contribution < 1.29 is 18.0 Å². The van der Waals surface area contributed by atoms with Crippen LogP contribution in [0.4, 0.5) is 18.9 Å². The second-order valence-corrected chi connectivity index (χ2v) is 5.85. The first kappa shape index (κ1) is 15.4. The maximum Gasteiger partial charge on any atom is 0.453 e. The molecule has 1 aromatic carbocycles. The molecule has 0 aliphatic heterocycles. The van der Waals surface area contributed by atoms with Crippen LogP contribution in [0, 0.1) is 13.8 Å². The van der Waals surface area contributed by atoms with E-state index in [1.165, 1.54) is 0 Å². The fourth-order valence-corrected chi connectivity index (χ4v) is 2.67. The Morgan fingerprint density at radius 2 is 2.00 bits per heavy atom. The summed E-state index contributed by atoms with van der Waals surface area (Å²) in [4.78, 5) is 12.1. The summed E-state index contributed by atoms with van der Waals surface area (Å²) in [6.45, 7) is 3.68. The van der Waals surface area contributed by atoms with Crippen molar-refractivity contribution in [2.24, 2.45) is 0 Å². The van der Waals surface area contributed by atoms with E-state index >= 15 is 0 Å². The van der Waals surface area contributed by atoms with Gasteiger partial charge in [-0.15, -0.1) is 15.3 Å². The number of nitrogens with zero attached hydrogens (tertiary/aromatic N) is 4. The zero-order valence-corrected chi connectivity index (χ0v) is 12.8. The van der Waals surface area contributed by atoms with Gasteiger partial charge >= 0.3 is 6.18 Å². The molecule has 0 saturated carbocycles. The van der Waals surface area contributed by atoms with E-state index in [1.54, 1.807) is 6.07 Å². The van der Waals surface area contributed by atoms with E-state index in [-0.39, 0.29) is 9.97 Å². The summed E-state index contributed by atoms with van der Waals surface area (Å²) in [5, 5.41) is 12.6. The number of hydrogen-bond donors (Lipinski definition) is 1. The number of aromatic nitrogens is 4. The number of carbonyl (C=O) groups excluding carboxylic acids is 1. The summed E-state index contributed by atoms with van der Waals surface area (Å²) in [6, 6.07) is 5.50. The minimum absolute atomic E-state index is 0.0940. The van der Waals surface area contributed by atoms with Crippen molar-refractivity contribution in [2.45, 2.75) is 20.0 Å². The number of nitrogens with one attached hydrogen (secondary N) is 1. The summed E-state index contributed by atoms with van der Waals surface area (Å²) in [7, 11) is 0. The van der Waals surface area contributed by atoms with Gasteiger partial charge in [0.25, 0.3) is 11.7 Å². The van der Waals surface area contributed by atoms with E-state index in [2.05, 4.69) is 20.6 Å². The molecule has 1 N–H and O–H groups in total. The number of benzene rings is 1. The summed E-state index contributed by atoms with van der Waals surface area (Å²) in [6.07, 6.45) is -4.69. The van der Waals surface area contributed by atoms with Crippen molar-refractivity contribution in [3.63, 3.8) is 0 Å². The summed E-state index contributed by atoms with van der Waals surface area (Å²) < 4.78 is 38.8. The average molecular weight is 341 g/mol. The Balaban J connectivity index is 1.92. The van der Waals surface area contributed by atoms with E-state index in [1.807, 2.05) is 26.0 Å². The van der Waals surface area contributed by atoms with Crippen LogP contribution in [0.1, 0.15) is 26.8 Å². The molecule has 0 atom stereocenters. The molecule has 2 heterocycles. The number of rotatable bonds is 2. The lowest BCUT2D eigenvalue weighted by Gasteiger charge is -2.07. The van der Waals surface area contributed by atoms with Crippen molar-refractivity contribution in [3.05, 3.63) is 40.2 Å². The molecule has 1 amide bonds. The summed E-state index contributed by atoms with van der Waals surface area (Å²) in [5.41, 5.74) is 2.36. The van der Waals surface area contributed by atoms with E-state index in [4.69, 9.17) is 0 Å². The number of anilines is 1. The van der Waals surface area contributed by atoms with Gasteiger partial charge in [0, 0.05) is 5.69 Å². The van der Waals surface area contributed by atoms with Crippen LogP contribution < -0.4 is 5.32 Å². The lowest BCUT2D eigenvalue weighted by atomic mass is 10.1. The first-order chi connectivity index (χ1) is 10.8. The van der Waals surface area contributed by atoms with Crippen molar-refractivity contribution in [3.8, 4) is 0 Å². The molecule has 23 heavy (non-hydrogen) atoms. The van der Waals surface area contributed by atoms with Crippen molar-refractivity contribution in [1.82, 2.24) is 19.8 Å². The Labute approximate surface area is 132 Å². The minimum Gasteiger partial charge on any atom is -0.320 e. The van der Waals surface area contributed by atoms with Crippen molar-refractivity contribution in [2.75, 3.05) is 5.32 Å². The van der Waals surface area contributed by atoms with Crippen LogP contribution in [0.5, 0.6) is 0 Å². The normalized spacial score (nSPS) is 11.9. The molecule has 0 aliphatic carbocycles. The zero-order chi connectivity index (χ0) is 16.8. The molecule has 2 aromatic heterocycles. The van der Waals surface area contributed by atoms with Gasteiger partial charge in [0.15, 0.2) is 0 Å². The number of fused-ring (bicyclic) bond motifs is 1. The maximum atomic E-state index is 12.7. The molecule has 3 aromatic rings. The van der Waals surface area contributed by atoms with Crippen LogP contribution in [-0.4, -0.2) is 25.7 Å². The van der Waals surface area contributed by atoms with Gasteiger partial charge in [-0.3, -0.25) is 4.79 Å². The Morgan fingerprint density at radius 1 is 1.26 bits per heavy atom. The van der Waals surface area contributed by atoms with Gasteiger partial charge < -0.3 is 5.32 Å². The second kappa shape index (κ2) is 5.30. The number of alkyl halides is 3. The van der Waals surface area contributed by atoms with Crippen LogP contribution in [0.2, 0.25) is 0 Å². The highest BCUT2D eigenvalue weighted by Crippen LogP contribution is 2.29. The van der Waals surface area contributed by atoms with E-state index in [0.717, 1.165) is 22.5 Å². The molecule has 0 fully saturated rings. The highest BCUT2D eigenvalue weighted by atomic mass is 32.1. The van der Waals surface area contributed by atoms with Crippen molar-refractivity contribution >= 4 is 27.9 Å². The highest BCUT2D eigenvalue weighted by Gasteiger charge is 2.38. The molecule has 0 spiro atoms. The average Bonchev–Trinajstić information content (AvgIpc) is 3.01. The van der Waals surface area contributed by atoms with Crippen LogP contribution in [0.25, 0.3) is 4.96 Å². The van der Waals surface area contributed by atoms with Gasteiger partial charge in [-0.25, -0.2) is 0 Å². The van der Waals surface area contributed by atoms with E-state index in [9.17, 15) is 18.0 Å². The third-order valence-electron chi connectivity index (χ3n) is 3.08. The second-order valence-electron chi connectivity index (χ2n) is 4.90. The van der Waals surface area contributed by atoms with Gasteiger partial charge in [-0.2, -0.15) is 17.7 Å². The molecule has 0 bridgehead atoms. The van der Waals surface area contributed by atoms with Crippen LogP contribution >= 0.6 is 11.3 Å². The number of halogens is 3. The third-order valence-corrected chi connectivity index (χ3v) is 3.98. The van der Waals surface area contributed by atoms with Crippen molar-refractivity contribution in [1.29, 1.82) is 0 Å². The van der Waals surface area contributed by atoms with E-state index < -0.39 is 17.9 Å². The fourth-order valence-electron chi connectivity index (χ4n) is 1.93. The number of aryl methyl sites for hydroxylation is 2. The first-order valence-electron chi connectivity index (χ1n) is 6.44. The number of carbonyl (C=O) groups is 1. The first-order valence-corrected chi connectivity index (χ1v) is 7.25. The molecule has 120 valence electrons. The maximum absolute atomic E-state index is 12.7. The van der Waals surface area contributed by atoms with Gasteiger partial charge in [-0.1, -0.05) is 23.5 Å². The Morgan fingerprint density at radius 3 is 2.70 bits per heavy atom. The molecule has 3 rings (SSSR count). The molecule has 0 saturated heterocycles. The standard InChI is InChI=1S/C13H10F3N5OS/c1-6-3-4-7(2)8(5-6)17-9(22)10-20-21-11(13(14,15)16)18-19-12(21)23-10/h3-5H,1-2H3,(H,17,22). The highest BCUT2D eigenvalue weighted by molar-refractivity contribution is 7.18. The largest absolute Gasteiger partial charge is 0.453 e. The molecule has 10 heteroatoms. The summed E-state index contributed by atoms with van der Waals surface area (Å²) >= 11 is 0.738. The molecular formula is C13H10F3N5OS. The lowest BCUT2D eigenvalue weighted by molar-refractivity contribution is -0.146. The monoisotopic (exact) mass is 341 g/mol. The predicted octanol–water partition coefficient (Wildman–Crippen LogP) is 3.07. The quantitative estimate of drug-likeness (QED) is 0.777. The zero-order valence-electron chi connectivity index (χ0n) is 12.0. The molecule has 6 nitrogen and oxygen atoms in total. The van der Waals surface area contributed by atoms with Gasteiger partial charge in [-0.05, 0) is 31.0 Å². The van der Waals surface area contributed by atoms with Gasteiger partial charge in [0.2, 0.25) is 9.97 Å². The van der Waals surface area contributed by atoms with Gasteiger partial charge in [0.05, 0.1) is 0 Å². The van der Waals surface area contributed by atoms with Crippen LogP contribution in [0.15, 0.2) is 18.2 Å². The number of amides is 1. The third kappa shape index (κ3) is 2.89. The SMILES string of the molecule is Cc1ccc(C)c(NC(=O)c2nn3c(C(F)(F)F)nnc3s2)c1. The molecule has 0 unspecified atom stereocenters. The predicted molar refractivity (Wildman–Crippen MR) is 77.5 cm³/mol. The Kier molecular flexibility index (Phi) is 3.55. The Bertz CT molecular complexity index is 899. The van der Waals surface area contributed by atoms with Gasteiger partial charge in [0.1, 0.15) is 0 Å². The molecule has 0 radical (unpaired) electrons.